The van der Waals surface area contributed by atoms with Crippen molar-refractivity contribution >= 4 is 11.8 Å². The Balaban J connectivity index is 2.41. The molecule has 15 heavy (non-hydrogen) atoms. The number of aliphatic hydroxyl groups excluding tert-OH is 1. The number of imide groups is 1. The van der Waals surface area contributed by atoms with E-state index in [0.29, 0.717) is 12.0 Å². The number of amides is 2. The Morgan fingerprint density at radius 1 is 1.53 bits per heavy atom. The second-order valence-electron chi connectivity index (χ2n) is 3.52. The van der Waals surface area contributed by atoms with Gasteiger partial charge in [-0.15, -0.1) is 0 Å². The van der Waals surface area contributed by atoms with Gasteiger partial charge in [0.05, 0.1) is 12.7 Å². The van der Waals surface area contributed by atoms with Crippen molar-refractivity contribution in [2.45, 2.75) is 19.4 Å². The SMILES string of the molecule is COCC(O)CCN1C(=O)C=C(C)C1=O. The minimum Gasteiger partial charge on any atom is -0.391 e. The van der Waals surface area contributed by atoms with Gasteiger partial charge in [-0.3, -0.25) is 14.5 Å². The molecule has 0 saturated carbocycles. The zero-order valence-corrected chi connectivity index (χ0v) is 8.90. The third-order valence-electron chi connectivity index (χ3n) is 2.23. The van der Waals surface area contributed by atoms with Gasteiger partial charge in [0.1, 0.15) is 0 Å². The largest absolute Gasteiger partial charge is 0.391 e. The first-order valence-electron chi connectivity index (χ1n) is 4.77. The fraction of sp³-hybridized carbons (Fsp3) is 0.600. The molecular formula is C10H15NO4. The Hall–Kier alpha value is -1.20. The third kappa shape index (κ3) is 2.87. The van der Waals surface area contributed by atoms with Crippen LogP contribution in [0.25, 0.3) is 0 Å². The van der Waals surface area contributed by atoms with Gasteiger partial charge in [0.15, 0.2) is 0 Å². The number of hydrogen-bond donors (Lipinski definition) is 1. The van der Waals surface area contributed by atoms with Crippen molar-refractivity contribution < 1.29 is 19.4 Å². The summed E-state index contributed by atoms with van der Waals surface area (Å²) in [5, 5.41) is 9.36. The summed E-state index contributed by atoms with van der Waals surface area (Å²) in [5.41, 5.74) is 0.446. The zero-order valence-electron chi connectivity index (χ0n) is 8.90. The average Bonchev–Trinajstić information content (AvgIpc) is 2.40. The van der Waals surface area contributed by atoms with Gasteiger partial charge in [-0.05, 0) is 13.3 Å². The Bertz CT molecular complexity index is 298. The quantitative estimate of drug-likeness (QED) is 0.637. The molecule has 0 bridgehead atoms. The van der Waals surface area contributed by atoms with E-state index in [-0.39, 0.29) is 25.0 Å². The summed E-state index contributed by atoms with van der Waals surface area (Å²) in [7, 11) is 1.49. The van der Waals surface area contributed by atoms with Crippen LogP contribution in [0.3, 0.4) is 0 Å². The van der Waals surface area contributed by atoms with Crippen molar-refractivity contribution in [1.29, 1.82) is 0 Å². The highest BCUT2D eigenvalue weighted by molar-refractivity contribution is 6.15. The van der Waals surface area contributed by atoms with E-state index in [9.17, 15) is 14.7 Å². The van der Waals surface area contributed by atoms with E-state index >= 15 is 0 Å². The summed E-state index contributed by atoms with van der Waals surface area (Å²) in [5.74, 6) is -0.577. The summed E-state index contributed by atoms with van der Waals surface area (Å²) < 4.78 is 4.74. The number of aliphatic hydroxyl groups is 1. The van der Waals surface area contributed by atoms with Crippen molar-refractivity contribution in [3.63, 3.8) is 0 Å². The number of nitrogens with zero attached hydrogens (tertiary/aromatic N) is 1. The second-order valence-corrected chi connectivity index (χ2v) is 3.52. The normalized spacial score (nSPS) is 18.3. The van der Waals surface area contributed by atoms with Crippen LogP contribution in [0.2, 0.25) is 0 Å². The van der Waals surface area contributed by atoms with Crippen LogP contribution in [-0.4, -0.2) is 48.2 Å². The molecule has 1 aliphatic rings. The molecule has 1 aliphatic heterocycles. The Labute approximate surface area is 88.3 Å². The summed E-state index contributed by atoms with van der Waals surface area (Å²) in [4.78, 5) is 23.8. The summed E-state index contributed by atoms with van der Waals surface area (Å²) in [6.45, 7) is 2.05. The monoisotopic (exact) mass is 213 g/mol. The zero-order chi connectivity index (χ0) is 11.4. The summed E-state index contributed by atoms with van der Waals surface area (Å²) >= 11 is 0. The molecule has 0 saturated heterocycles. The van der Waals surface area contributed by atoms with Gasteiger partial charge in [-0.25, -0.2) is 0 Å². The molecule has 0 radical (unpaired) electrons. The molecular weight excluding hydrogens is 198 g/mol. The van der Waals surface area contributed by atoms with Crippen LogP contribution in [0.4, 0.5) is 0 Å². The van der Waals surface area contributed by atoms with Crippen LogP contribution in [0.1, 0.15) is 13.3 Å². The van der Waals surface area contributed by atoms with Gasteiger partial charge in [-0.2, -0.15) is 0 Å². The lowest BCUT2D eigenvalue weighted by atomic mass is 10.2. The molecule has 1 atom stereocenters. The van der Waals surface area contributed by atoms with Crippen LogP contribution in [-0.2, 0) is 14.3 Å². The van der Waals surface area contributed by atoms with Crippen molar-refractivity contribution in [1.82, 2.24) is 4.90 Å². The average molecular weight is 213 g/mol. The minimum atomic E-state index is -0.642. The van der Waals surface area contributed by atoms with Gasteiger partial charge in [0.25, 0.3) is 11.8 Å². The van der Waals surface area contributed by atoms with E-state index in [2.05, 4.69) is 0 Å². The molecule has 0 aromatic carbocycles. The number of methoxy groups -OCH3 is 1. The van der Waals surface area contributed by atoms with Gasteiger partial charge >= 0.3 is 0 Å². The molecule has 1 N–H and O–H groups in total. The molecule has 84 valence electrons. The van der Waals surface area contributed by atoms with Crippen LogP contribution in [0.5, 0.6) is 0 Å². The maximum Gasteiger partial charge on any atom is 0.256 e. The van der Waals surface area contributed by atoms with E-state index in [1.54, 1.807) is 6.92 Å². The molecule has 5 heteroatoms. The molecule has 0 aliphatic carbocycles. The number of carbonyl (C=O) groups excluding carboxylic acids is 2. The summed E-state index contributed by atoms with van der Waals surface area (Å²) in [6, 6.07) is 0. The van der Waals surface area contributed by atoms with Crippen LogP contribution < -0.4 is 0 Å². The molecule has 1 heterocycles. The van der Waals surface area contributed by atoms with Crippen molar-refractivity contribution in [3.05, 3.63) is 11.6 Å². The molecule has 0 fully saturated rings. The smallest absolute Gasteiger partial charge is 0.256 e. The molecule has 1 unspecified atom stereocenters. The maximum atomic E-state index is 11.4. The van der Waals surface area contributed by atoms with Crippen LogP contribution >= 0.6 is 0 Å². The van der Waals surface area contributed by atoms with Crippen LogP contribution in [0.15, 0.2) is 11.6 Å². The molecule has 0 spiro atoms. The highest BCUT2D eigenvalue weighted by Gasteiger charge is 2.28. The number of hydrogen-bond acceptors (Lipinski definition) is 4. The third-order valence-corrected chi connectivity index (χ3v) is 2.23. The van der Waals surface area contributed by atoms with Crippen molar-refractivity contribution in [3.8, 4) is 0 Å². The predicted molar refractivity (Wildman–Crippen MR) is 53.0 cm³/mol. The lowest BCUT2D eigenvalue weighted by Gasteiger charge is -2.16. The lowest BCUT2D eigenvalue weighted by Crippen LogP contribution is -2.34. The molecule has 2 amide bonds. The topological polar surface area (TPSA) is 66.8 Å². The molecule has 0 aromatic rings. The van der Waals surface area contributed by atoms with Crippen LogP contribution in [0, 0.1) is 0 Å². The van der Waals surface area contributed by atoms with E-state index in [1.807, 2.05) is 0 Å². The number of ether oxygens (including phenoxy) is 1. The van der Waals surface area contributed by atoms with E-state index in [0.717, 1.165) is 4.90 Å². The fourth-order valence-corrected chi connectivity index (χ4v) is 1.40. The standard InChI is InChI=1S/C10H15NO4/c1-7-5-9(13)11(10(7)14)4-3-8(12)6-15-2/h5,8,12H,3-4,6H2,1-2H3. The van der Waals surface area contributed by atoms with Gasteiger partial charge < -0.3 is 9.84 Å². The lowest BCUT2D eigenvalue weighted by molar-refractivity contribution is -0.137. The molecule has 5 nitrogen and oxygen atoms in total. The first-order valence-corrected chi connectivity index (χ1v) is 4.77. The number of rotatable bonds is 5. The fourth-order valence-electron chi connectivity index (χ4n) is 1.40. The summed E-state index contributed by atoms with van der Waals surface area (Å²) in [6.07, 6.45) is 1.01. The van der Waals surface area contributed by atoms with E-state index in [4.69, 9.17) is 4.74 Å². The van der Waals surface area contributed by atoms with E-state index in [1.165, 1.54) is 13.2 Å². The number of carbonyl (C=O) groups is 2. The molecule has 1 rings (SSSR count). The van der Waals surface area contributed by atoms with E-state index < -0.39 is 6.10 Å². The highest BCUT2D eigenvalue weighted by Crippen LogP contribution is 2.12. The Kier molecular flexibility index (Phi) is 3.99. The van der Waals surface area contributed by atoms with Gasteiger partial charge in [0.2, 0.25) is 0 Å². The highest BCUT2D eigenvalue weighted by atomic mass is 16.5. The minimum absolute atomic E-state index is 0.211. The van der Waals surface area contributed by atoms with Crippen molar-refractivity contribution in [2.24, 2.45) is 0 Å². The van der Waals surface area contributed by atoms with Crippen molar-refractivity contribution in [2.75, 3.05) is 20.3 Å². The second kappa shape index (κ2) is 5.04. The Morgan fingerprint density at radius 2 is 2.20 bits per heavy atom. The Morgan fingerprint density at radius 3 is 2.67 bits per heavy atom. The maximum absolute atomic E-state index is 11.4. The molecule has 0 aromatic heterocycles. The first-order chi connectivity index (χ1) is 7.06. The predicted octanol–water partition coefficient (Wildman–Crippen LogP) is -0.301. The first kappa shape index (κ1) is 11.9. The van der Waals surface area contributed by atoms with Gasteiger partial charge in [0, 0.05) is 25.3 Å². The van der Waals surface area contributed by atoms with Gasteiger partial charge in [-0.1, -0.05) is 0 Å².